The van der Waals surface area contributed by atoms with E-state index >= 15 is 0 Å². The Hall–Kier alpha value is -1.72. The number of alkyl halides is 3. The Kier molecular flexibility index (Phi) is 4.58. The molecule has 0 aliphatic rings. The number of ether oxygens (including phenoxy) is 1. The van der Waals surface area contributed by atoms with Crippen molar-refractivity contribution in [3.63, 3.8) is 0 Å². The summed E-state index contributed by atoms with van der Waals surface area (Å²) in [6.45, 7) is 0.249. The molecule has 18 heavy (non-hydrogen) atoms. The molecule has 0 fully saturated rings. The van der Waals surface area contributed by atoms with Gasteiger partial charge >= 0.3 is 6.18 Å². The maximum Gasteiger partial charge on any atom is 0.406 e. The van der Waals surface area contributed by atoms with Crippen LogP contribution in [0.1, 0.15) is 17.3 Å². The Balaban J connectivity index is 2.89. The first-order chi connectivity index (χ1) is 8.37. The summed E-state index contributed by atoms with van der Waals surface area (Å²) in [5.74, 6) is -0.224. The molecule has 0 atom stereocenters. The van der Waals surface area contributed by atoms with Crippen molar-refractivity contribution in [3.05, 3.63) is 29.8 Å². The average molecular weight is 261 g/mol. The SMILES string of the molecule is CCN(CC(F)(F)F)C(=O)c1cccc(OC)c1. The second kappa shape index (κ2) is 5.75. The Bertz CT molecular complexity index is 418. The van der Waals surface area contributed by atoms with Gasteiger partial charge in [-0.25, -0.2) is 0 Å². The third kappa shape index (κ3) is 3.94. The fraction of sp³-hybridized carbons (Fsp3) is 0.417. The minimum atomic E-state index is -4.40. The van der Waals surface area contributed by atoms with Gasteiger partial charge in [0.15, 0.2) is 0 Å². The molecule has 1 amide bonds. The van der Waals surface area contributed by atoms with Gasteiger partial charge in [-0.3, -0.25) is 4.79 Å². The molecule has 0 aliphatic carbocycles. The zero-order valence-electron chi connectivity index (χ0n) is 10.1. The molecule has 0 unspecified atom stereocenters. The summed E-state index contributed by atoms with van der Waals surface area (Å²) in [4.78, 5) is 12.6. The topological polar surface area (TPSA) is 29.5 Å². The summed E-state index contributed by atoms with van der Waals surface area (Å²) >= 11 is 0. The second-order valence-electron chi connectivity index (χ2n) is 3.67. The number of carbonyl (C=O) groups is 1. The minimum absolute atomic E-state index is 0.00441. The summed E-state index contributed by atoms with van der Waals surface area (Å²) in [6.07, 6.45) is -4.40. The molecule has 1 rings (SSSR count). The molecule has 0 N–H and O–H groups in total. The molecule has 0 radical (unpaired) electrons. The van der Waals surface area contributed by atoms with Crippen molar-refractivity contribution in [2.24, 2.45) is 0 Å². The van der Waals surface area contributed by atoms with Crippen LogP contribution in [0.5, 0.6) is 5.75 Å². The van der Waals surface area contributed by atoms with Gasteiger partial charge in [0, 0.05) is 12.1 Å². The van der Waals surface area contributed by atoms with Crippen molar-refractivity contribution in [3.8, 4) is 5.75 Å². The third-order valence-corrected chi connectivity index (χ3v) is 2.36. The molecule has 100 valence electrons. The van der Waals surface area contributed by atoms with Crippen molar-refractivity contribution in [2.45, 2.75) is 13.1 Å². The first-order valence-corrected chi connectivity index (χ1v) is 5.37. The summed E-state index contributed by atoms with van der Waals surface area (Å²) in [6, 6.07) is 6.07. The number of rotatable bonds is 4. The maximum atomic E-state index is 12.3. The molecule has 0 spiro atoms. The van der Waals surface area contributed by atoms with Crippen LogP contribution in [0.2, 0.25) is 0 Å². The molecular weight excluding hydrogens is 247 g/mol. The molecule has 0 aliphatic heterocycles. The lowest BCUT2D eigenvalue weighted by Crippen LogP contribution is -2.38. The smallest absolute Gasteiger partial charge is 0.406 e. The number of halogens is 3. The van der Waals surface area contributed by atoms with Crippen LogP contribution in [0.15, 0.2) is 24.3 Å². The van der Waals surface area contributed by atoms with E-state index in [1.54, 1.807) is 12.1 Å². The van der Waals surface area contributed by atoms with Crippen molar-refractivity contribution in [1.29, 1.82) is 0 Å². The first kappa shape index (κ1) is 14.3. The van der Waals surface area contributed by atoms with Crippen LogP contribution in [0.25, 0.3) is 0 Å². The summed E-state index contributed by atoms with van der Waals surface area (Å²) in [5.41, 5.74) is 0.181. The van der Waals surface area contributed by atoms with Gasteiger partial charge in [-0.05, 0) is 25.1 Å². The van der Waals surface area contributed by atoms with Gasteiger partial charge in [-0.15, -0.1) is 0 Å². The van der Waals surface area contributed by atoms with E-state index in [0.29, 0.717) is 5.75 Å². The first-order valence-electron chi connectivity index (χ1n) is 5.37. The van der Waals surface area contributed by atoms with Gasteiger partial charge in [-0.1, -0.05) is 6.07 Å². The largest absolute Gasteiger partial charge is 0.497 e. The quantitative estimate of drug-likeness (QED) is 0.834. The van der Waals surface area contributed by atoms with Gasteiger partial charge in [0.05, 0.1) is 7.11 Å². The number of carbonyl (C=O) groups excluding carboxylic acids is 1. The average Bonchev–Trinajstić information content (AvgIpc) is 2.34. The predicted molar refractivity (Wildman–Crippen MR) is 60.6 cm³/mol. The van der Waals surface area contributed by atoms with E-state index in [9.17, 15) is 18.0 Å². The number of benzene rings is 1. The summed E-state index contributed by atoms with van der Waals surface area (Å²) in [5, 5.41) is 0. The van der Waals surface area contributed by atoms with E-state index in [0.717, 1.165) is 4.90 Å². The molecule has 3 nitrogen and oxygen atoms in total. The van der Waals surface area contributed by atoms with Crippen LogP contribution in [-0.4, -0.2) is 37.2 Å². The van der Waals surface area contributed by atoms with Crippen molar-refractivity contribution in [1.82, 2.24) is 4.90 Å². The Morgan fingerprint density at radius 3 is 2.56 bits per heavy atom. The van der Waals surface area contributed by atoms with E-state index in [-0.39, 0.29) is 12.1 Å². The fourth-order valence-electron chi connectivity index (χ4n) is 1.48. The second-order valence-corrected chi connectivity index (χ2v) is 3.67. The molecule has 0 saturated heterocycles. The van der Waals surface area contributed by atoms with Crippen LogP contribution in [0, 0.1) is 0 Å². The standard InChI is InChI=1S/C12H14F3NO2/c1-3-16(8-12(13,14)15)11(17)9-5-4-6-10(7-9)18-2/h4-7H,3,8H2,1-2H3. The van der Waals surface area contributed by atoms with Gasteiger partial charge in [0.2, 0.25) is 0 Å². The number of hydrogen-bond acceptors (Lipinski definition) is 2. The number of hydrogen-bond donors (Lipinski definition) is 0. The summed E-state index contributed by atoms with van der Waals surface area (Å²) in [7, 11) is 1.43. The van der Waals surface area contributed by atoms with Crippen LogP contribution < -0.4 is 4.74 Å². The van der Waals surface area contributed by atoms with E-state index in [1.165, 1.54) is 26.2 Å². The van der Waals surface area contributed by atoms with E-state index in [2.05, 4.69) is 0 Å². The predicted octanol–water partition coefficient (Wildman–Crippen LogP) is 2.72. The van der Waals surface area contributed by atoms with Gasteiger partial charge < -0.3 is 9.64 Å². The highest BCUT2D eigenvalue weighted by Crippen LogP contribution is 2.19. The number of nitrogens with zero attached hydrogens (tertiary/aromatic N) is 1. The van der Waals surface area contributed by atoms with Gasteiger partial charge in [0.1, 0.15) is 12.3 Å². The lowest BCUT2D eigenvalue weighted by atomic mass is 10.2. The highest BCUT2D eigenvalue weighted by molar-refractivity contribution is 5.94. The minimum Gasteiger partial charge on any atom is -0.497 e. The lowest BCUT2D eigenvalue weighted by Gasteiger charge is -2.22. The third-order valence-electron chi connectivity index (χ3n) is 2.36. The number of amides is 1. The van der Waals surface area contributed by atoms with Gasteiger partial charge in [0.25, 0.3) is 5.91 Å². The van der Waals surface area contributed by atoms with Gasteiger partial charge in [-0.2, -0.15) is 13.2 Å². The van der Waals surface area contributed by atoms with E-state index in [1.807, 2.05) is 0 Å². The van der Waals surface area contributed by atoms with Crippen LogP contribution in [-0.2, 0) is 0 Å². The van der Waals surface area contributed by atoms with Crippen molar-refractivity contribution in [2.75, 3.05) is 20.2 Å². The van der Waals surface area contributed by atoms with Crippen molar-refractivity contribution >= 4 is 5.91 Å². The number of methoxy groups -OCH3 is 1. The molecular formula is C12H14F3NO2. The lowest BCUT2D eigenvalue weighted by molar-refractivity contribution is -0.140. The Morgan fingerprint density at radius 1 is 1.39 bits per heavy atom. The van der Waals surface area contributed by atoms with Crippen LogP contribution in [0.3, 0.4) is 0 Å². The molecule has 0 aromatic heterocycles. The molecule has 6 heteroatoms. The molecule has 0 bridgehead atoms. The fourth-order valence-corrected chi connectivity index (χ4v) is 1.48. The van der Waals surface area contributed by atoms with Crippen LogP contribution in [0.4, 0.5) is 13.2 Å². The van der Waals surface area contributed by atoms with E-state index in [4.69, 9.17) is 4.74 Å². The molecule has 1 aromatic rings. The molecule has 1 aromatic carbocycles. The Labute approximate surface area is 103 Å². The zero-order chi connectivity index (χ0) is 13.8. The molecule has 0 saturated carbocycles. The Morgan fingerprint density at radius 2 is 2.06 bits per heavy atom. The monoisotopic (exact) mass is 261 g/mol. The van der Waals surface area contributed by atoms with Crippen molar-refractivity contribution < 1.29 is 22.7 Å². The van der Waals surface area contributed by atoms with Crippen LogP contribution >= 0.6 is 0 Å². The normalized spacial score (nSPS) is 11.2. The van der Waals surface area contributed by atoms with E-state index < -0.39 is 18.6 Å². The highest BCUT2D eigenvalue weighted by atomic mass is 19.4. The maximum absolute atomic E-state index is 12.3. The highest BCUT2D eigenvalue weighted by Gasteiger charge is 2.32. The molecule has 0 heterocycles. The zero-order valence-corrected chi connectivity index (χ0v) is 10.1. The summed E-state index contributed by atoms with van der Waals surface area (Å²) < 4.78 is 41.8.